The molecule has 0 bridgehead atoms. The van der Waals surface area contributed by atoms with Crippen molar-refractivity contribution in [2.45, 2.75) is 57.0 Å². The second kappa shape index (κ2) is 12.2. The van der Waals surface area contributed by atoms with Crippen molar-refractivity contribution in [1.82, 2.24) is 20.2 Å². The van der Waals surface area contributed by atoms with Crippen molar-refractivity contribution >= 4 is 31.3 Å². The van der Waals surface area contributed by atoms with Crippen LogP contribution in [0.25, 0.3) is 0 Å². The molecule has 1 aliphatic heterocycles. The molecular formula is C26H30ClF4N5O5Si. The minimum atomic E-state index is -4.77. The lowest BCUT2D eigenvalue weighted by Crippen LogP contribution is -2.40. The smallest absolute Gasteiger partial charge is 0.416 e. The Hall–Kier alpha value is -3.11. The number of tetrazole rings is 1. The first-order valence-electron chi connectivity index (χ1n) is 12.8. The molecule has 3 aromatic rings. The maximum atomic E-state index is 16.9. The number of aromatic nitrogens is 4. The molecule has 0 aliphatic carbocycles. The third-order valence-corrected chi connectivity index (χ3v) is 8.57. The molecule has 228 valence electrons. The lowest BCUT2D eigenvalue weighted by molar-refractivity contribution is -0.137. The summed E-state index contributed by atoms with van der Waals surface area (Å²) in [4.78, 5) is 14.3. The van der Waals surface area contributed by atoms with Gasteiger partial charge in [0.05, 0.1) is 24.8 Å². The number of amides is 1. The molecule has 2 unspecified atom stereocenters. The summed E-state index contributed by atoms with van der Waals surface area (Å²) in [5, 5.41) is 21.9. The summed E-state index contributed by atoms with van der Waals surface area (Å²) in [6.07, 6.45) is -6.62. The number of hydrogen-bond acceptors (Lipinski definition) is 8. The number of fused-ring (bicyclic) bond motifs is 1. The van der Waals surface area contributed by atoms with Gasteiger partial charge in [-0.2, -0.15) is 13.2 Å². The van der Waals surface area contributed by atoms with Gasteiger partial charge in [-0.3, -0.25) is 9.69 Å². The molecular weight excluding hydrogens is 602 g/mol. The predicted octanol–water partition coefficient (Wildman–Crippen LogP) is 4.76. The summed E-state index contributed by atoms with van der Waals surface area (Å²) >= 11 is 6.07. The van der Waals surface area contributed by atoms with Crippen molar-refractivity contribution in [3.05, 3.63) is 63.9 Å². The molecule has 0 spiro atoms. The largest absolute Gasteiger partial charge is 0.496 e. The van der Waals surface area contributed by atoms with Gasteiger partial charge in [-0.15, -0.1) is 5.10 Å². The predicted molar refractivity (Wildman–Crippen MR) is 146 cm³/mol. The number of nitrogens with zero attached hydrogens (tertiary/aromatic N) is 5. The van der Waals surface area contributed by atoms with Gasteiger partial charge >= 0.3 is 6.18 Å². The molecule has 0 saturated carbocycles. The number of alkyl halides is 4. The van der Waals surface area contributed by atoms with E-state index in [-0.39, 0.29) is 46.6 Å². The Kier molecular flexibility index (Phi) is 9.27. The molecule has 1 amide bonds. The van der Waals surface area contributed by atoms with E-state index in [2.05, 4.69) is 35.2 Å². The molecule has 2 heterocycles. The minimum absolute atomic E-state index is 0.0313. The van der Waals surface area contributed by atoms with Crippen LogP contribution in [0.2, 0.25) is 30.7 Å². The third-order valence-electron chi connectivity index (χ3n) is 6.63. The number of carbonyl (C=O) groups is 1. The Bertz CT molecular complexity index is 1440. The van der Waals surface area contributed by atoms with E-state index in [0.29, 0.717) is 23.6 Å². The molecule has 0 saturated heterocycles. The van der Waals surface area contributed by atoms with Crippen molar-refractivity contribution in [2.75, 3.05) is 25.3 Å². The van der Waals surface area contributed by atoms with Crippen LogP contribution < -0.4 is 9.64 Å². The molecule has 2 aromatic carbocycles. The van der Waals surface area contributed by atoms with Crippen molar-refractivity contribution in [3.8, 4) is 5.75 Å². The van der Waals surface area contributed by atoms with Crippen molar-refractivity contribution in [3.63, 3.8) is 0 Å². The van der Waals surface area contributed by atoms with Crippen LogP contribution in [0.3, 0.4) is 0 Å². The van der Waals surface area contributed by atoms with Crippen LogP contribution in [-0.2, 0) is 39.3 Å². The van der Waals surface area contributed by atoms with E-state index in [9.17, 15) is 23.1 Å². The highest BCUT2D eigenvalue weighted by Crippen LogP contribution is 2.51. The Morgan fingerprint density at radius 2 is 1.86 bits per heavy atom. The number of ether oxygens (including phenoxy) is 3. The molecule has 4 rings (SSSR count). The first-order valence-corrected chi connectivity index (χ1v) is 16.9. The zero-order chi connectivity index (χ0) is 30.9. The lowest BCUT2D eigenvalue weighted by Gasteiger charge is -2.24. The summed E-state index contributed by atoms with van der Waals surface area (Å²) in [5.74, 6) is -1.08. The van der Waals surface area contributed by atoms with Gasteiger partial charge in [-0.1, -0.05) is 37.3 Å². The highest BCUT2D eigenvalue weighted by Gasteiger charge is 2.55. The normalized spacial score (nSPS) is 18.0. The van der Waals surface area contributed by atoms with Gasteiger partial charge in [0, 0.05) is 30.8 Å². The Labute approximate surface area is 245 Å². The maximum absolute atomic E-state index is 16.9. The van der Waals surface area contributed by atoms with E-state index < -0.39 is 44.4 Å². The van der Waals surface area contributed by atoms with E-state index in [1.165, 1.54) is 30.0 Å². The van der Waals surface area contributed by atoms with Gasteiger partial charge in [0.2, 0.25) is 5.67 Å². The molecule has 1 N–H and O–H groups in total. The van der Waals surface area contributed by atoms with Crippen molar-refractivity contribution < 1.29 is 41.7 Å². The van der Waals surface area contributed by atoms with Gasteiger partial charge < -0.3 is 19.3 Å². The highest BCUT2D eigenvalue weighted by molar-refractivity contribution is 6.76. The lowest BCUT2D eigenvalue weighted by atomic mass is 9.88. The van der Waals surface area contributed by atoms with Crippen LogP contribution >= 0.6 is 11.6 Å². The number of aliphatic hydroxyl groups is 1. The number of rotatable bonds is 12. The second-order valence-corrected chi connectivity index (χ2v) is 16.9. The van der Waals surface area contributed by atoms with Crippen LogP contribution in [0.15, 0.2) is 36.4 Å². The summed E-state index contributed by atoms with van der Waals surface area (Å²) in [6.45, 7) is 6.38. The quantitative estimate of drug-likeness (QED) is 0.132. The molecule has 16 heteroatoms. The van der Waals surface area contributed by atoms with Crippen LogP contribution in [0.1, 0.15) is 22.5 Å². The number of aliphatic hydroxyl groups excluding tert-OH is 1. The first kappa shape index (κ1) is 31.8. The second-order valence-electron chi connectivity index (χ2n) is 10.9. The number of hydrogen-bond donors (Lipinski definition) is 1. The average Bonchev–Trinajstić information content (AvgIpc) is 3.44. The van der Waals surface area contributed by atoms with Crippen LogP contribution in [-0.4, -0.2) is 66.0 Å². The van der Waals surface area contributed by atoms with Gasteiger partial charge in [0.1, 0.15) is 19.2 Å². The number of halogens is 5. The van der Waals surface area contributed by atoms with E-state index in [0.717, 1.165) is 12.1 Å². The van der Waals surface area contributed by atoms with Gasteiger partial charge in [-0.25, -0.2) is 9.07 Å². The van der Waals surface area contributed by atoms with Gasteiger partial charge in [0.25, 0.3) is 5.91 Å². The zero-order valence-electron chi connectivity index (χ0n) is 23.3. The fourth-order valence-corrected chi connectivity index (χ4v) is 5.27. The number of anilines is 1. The number of methoxy groups -OCH3 is 1. The monoisotopic (exact) mass is 631 g/mol. The van der Waals surface area contributed by atoms with E-state index >= 15 is 4.39 Å². The molecule has 2 atom stereocenters. The summed E-state index contributed by atoms with van der Waals surface area (Å²) < 4.78 is 75.1. The summed E-state index contributed by atoms with van der Waals surface area (Å²) in [5.41, 5.74) is -5.10. The zero-order valence-corrected chi connectivity index (χ0v) is 25.0. The summed E-state index contributed by atoms with van der Waals surface area (Å²) in [7, 11) is -0.0536. The Morgan fingerprint density at radius 3 is 2.52 bits per heavy atom. The van der Waals surface area contributed by atoms with Crippen molar-refractivity contribution in [2.24, 2.45) is 0 Å². The minimum Gasteiger partial charge on any atom is -0.496 e. The van der Waals surface area contributed by atoms with Gasteiger partial charge in [0.15, 0.2) is 12.1 Å². The average molecular weight is 632 g/mol. The van der Waals surface area contributed by atoms with Crippen LogP contribution in [0, 0.1) is 0 Å². The van der Waals surface area contributed by atoms with Gasteiger partial charge in [-0.05, 0) is 46.8 Å². The van der Waals surface area contributed by atoms with E-state index in [4.69, 9.17) is 25.8 Å². The molecule has 0 fully saturated rings. The fourth-order valence-electron chi connectivity index (χ4n) is 4.35. The number of benzene rings is 2. The van der Waals surface area contributed by atoms with Crippen LogP contribution in [0.4, 0.5) is 23.2 Å². The molecule has 1 aliphatic rings. The first-order chi connectivity index (χ1) is 19.6. The van der Waals surface area contributed by atoms with Crippen molar-refractivity contribution in [1.29, 1.82) is 0 Å². The Morgan fingerprint density at radius 1 is 1.12 bits per heavy atom. The molecule has 0 radical (unpaired) electrons. The van der Waals surface area contributed by atoms with E-state index in [1.807, 2.05) is 0 Å². The molecule has 42 heavy (non-hydrogen) atoms. The standard InChI is InChI=1S/C26H30ClF4N5O5Si/c1-39-21-8-6-17(27)12-19(21)25(28)18-7-5-16(26(29,30)31)11-20(18)35(24(25)38)14-41-23(37)13-22-32-33-34-36(22)15-40-9-10-42(2,3)4/h5-8,11-12,23,37H,9-10,13-15H2,1-4H3. The van der Waals surface area contributed by atoms with E-state index in [1.54, 1.807) is 0 Å². The Balaban J connectivity index is 1.55. The molecule has 1 aromatic heterocycles. The number of carbonyl (C=O) groups excluding carboxylic acids is 1. The fraction of sp³-hybridized carbons (Fsp3) is 0.462. The third kappa shape index (κ3) is 6.75. The maximum Gasteiger partial charge on any atom is 0.416 e. The summed E-state index contributed by atoms with van der Waals surface area (Å²) in [6, 6.07) is 7.09. The SMILES string of the molecule is COc1ccc(Cl)cc1C1(F)C(=O)N(COC(O)Cc2nnnn2COCC[Si](C)(C)C)c2cc(C(F)(F)F)ccc21. The molecule has 10 nitrogen and oxygen atoms in total. The van der Waals surface area contributed by atoms with Crippen LogP contribution in [0.5, 0.6) is 5.75 Å². The topological polar surface area (TPSA) is 112 Å². The highest BCUT2D eigenvalue weighted by atomic mass is 35.5.